The van der Waals surface area contributed by atoms with Gasteiger partial charge >= 0.3 is 0 Å². The van der Waals surface area contributed by atoms with Crippen LogP contribution in [0.25, 0.3) is 0 Å². The lowest BCUT2D eigenvalue weighted by atomic mass is 10.2. The topological polar surface area (TPSA) is 81.1 Å². The summed E-state index contributed by atoms with van der Waals surface area (Å²) in [5.41, 5.74) is 13.2. The van der Waals surface area contributed by atoms with Crippen LogP contribution in [0.4, 0.5) is 11.4 Å². The van der Waals surface area contributed by atoms with E-state index in [4.69, 9.17) is 11.5 Å². The van der Waals surface area contributed by atoms with Crippen LogP contribution in [-0.2, 0) is 4.79 Å². The molecule has 0 aliphatic carbocycles. The summed E-state index contributed by atoms with van der Waals surface area (Å²) in [5.74, 6) is -0.397. The molecule has 0 unspecified atom stereocenters. The summed E-state index contributed by atoms with van der Waals surface area (Å²) in [6, 6.07) is 3.65. The lowest BCUT2D eigenvalue weighted by Gasteiger charge is -2.09. The number of nitrogen functional groups attached to an aromatic ring is 1. The largest absolute Gasteiger partial charge is 0.398 e. The molecule has 14 heavy (non-hydrogen) atoms. The van der Waals surface area contributed by atoms with Crippen LogP contribution in [0.15, 0.2) is 16.6 Å². The highest BCUT2D eigenvalue weighted by Crippen LogP contribution is 2.27. The maximum atomic E-state index is 10.6. The number of carbonyl (C=O) groups excluding carboxylic acids is 1. The maximum Gasteiger partial charge on any atom is 0.236 e. The number of hydrogen-bond acceptors (Lipinski definition) is 3. The zero-order valence-corrected chi connectivity index (χ0v) is 9.39. The van der Waals surface area contributed by atoms with Crippen molar-refractivity contribution >= 4 is 33.2 Å². The van der Waals surface area contributed by atoms with Gasteiger partial charge in [-0.05, 0) is 40.5 Å². The second-order valence-electron chi connectivity index (χ2n) is 3.01. The van der Waals surface area contributed by atoms with Crippen LogP contribution in [-0.4, -0.2) is 12.5 Å². The van der Waals surface area contributed by atoms with Gasteiger partial charge in [-0.1, -0.05) is 0 Å². The molecule has 0 saturated carbocycles. The van der Waals surface area contributed by atoms with Gasteiger partial charge in [-0.2, -0.15) is 0 Å². The van der Waals surface area contributed by atoms with Crippen LogP contribution in [0, 0.1) is 6.92 Å². The second-order valence-corrected chi connectivity index (χ2v) is 3.86. The molecule has 0 saturated heterocycles. The molecule has 0 bridgehead atoms. The van der Waals surface area contributed by atoms with Gasteiger partial charge in [0.25, 0.3) is 0 Å². The Hall–Kier alpha value is -1.23. The average Bonchev–Trinajstić information content (AvgIpc) is 2.09. The van der Waals surface area contributed by atoms with Crippen molar-refractivity contribution in [1.82, 2.24) is 0 Å². The molecule has 1 amide bonds. The third-order valence-corrected chi connectivity index (χ3v) is 2.46. The van der Waals surface area contributed by atoms with E-state index in [1.807, 2.05) is 13.0 Å². The van der Waals surface area contributed by atoms with Crippen molar-refractivity contribution in [3.05, 3.63) is 22.2 Å². The van der Waals surface area contributed by atoms with Gasteiger partial charge in [-0.3, -0.25) is 4.79 Å². The Morgan fingerprint density at radius 2 is 2.21 bits per heavy atom. The molecule has 0 aliphatic heterocycles. The minimum absolute atomic E-state index is 0.113. The molecule has 0 aliphatic rings. The number of anilines is 2. The average molecular weight is 258 g/mol. The van der Waals surface area contributed by atoms with Crippen molar-refractivity contribution in [1.29, 1.82) is 0 Å². The van der Waals surface area contributed by atoms with E-state index < -0.39 is 5.91 Å². The van der Waals surface area contributed by atoms with Gasteiger partial charge in [0.05, 0.1) is 6.54 Å². The fourth-order valence-corrected chi connectivity index (χ4v) is 1.52. The molecule has 0 fully saturated rings. The zero-order valence-electron chi connectivity index (χ0n) is 7.80. The minimum atomic E-state index is -0.397. The third-order valence-electron chi connectivity index (χ3n) is 1.81. The number of rotatable bonds is 3. The van der Waals surface area contributed by atoms with Gasteiger partial charge in [0.2, 0.25) is 5.91 Å². The van der Waals surface area contributed by atoms with E-state index in [1.165, 1.54) is 0 Å². The minimum Gasteiger partial charge on any atom is -0.398 e. The molecule has 0 spiro atoms. The Morgan fingerprint density at radius 3 is 2.79 bits per heavy atom. The van der Waals surface area contributed by atoms with E-state index in [9.17, 15) is 4.79 Å². The first kappa shape index (κ1) is 10.8. The molecule has 0 heterocycles. The Labute approximate surface area is 90.8 Å². The van der Waals surface area contributed by atoms with Crippen LogP contribution in [0.1, 0.15) is 5.56 Å². The number of hydrogen-bond donors (Lipinski definition) is 3. The second kappa shape index (κ2) is 4.32. The van der Waals surface area contributed by atoms with Crippen molar-refractivity contribution in [2.45, 2.75) is 6.92 Å². The lowest BCUT2D eigenvalue weighted by molar-refractivity contribution is -0.116. The van der Waals surface area contributed by atoms with Crippen molar-refractivity contribution < 1.29 is 4.79 Å². The van der Waals surface area contributed by atoms with Gasteiger partial charge in [0.15, 0.2) is 0 Å². The highest BCUT2D eigenvalue weighted by molar-refractivity contribution is 9.10. The smallest absolute Gasteiger partial charge is 0.236 e. The SMILES string of the molecule is Cc1cc(NCC(N)=O)c(Br)cc1N. The van der Waals surface area contributed by atoms with Crippen molar-refractivity contribution in [2.75, 3.05) is 17.6 Å². The molecule has 76 valence electrons. The summed E-state index contributed by atoms with van der Waals surface area (Å²) >= 11 is 3.34. The first-order valence-corrected chi connectivity index (χ1v) is 4.88. The number of nitrogens with one attached hydrogen (secondary N) is 1. The van der Waals surface area contributed by atoms with Crippen LogP contribution >= 0.6 is 15.9 Å². The van der Waals surface area contributed by atoms with Gasteiger partial charge in [0.1, 0.15) is 0 Å². The van der Waals surface area contributed by atoms with E-state index in [1.54, 1.807) is 6.07 Å². The summed E-state index contributed by atoms with van der Waals surface area (Å²) in [4.78, 5) is 10.6. The Kier molecular flexibility index (Phi) is 3.35. The molecule has 1 aromatic carbocycles. The normalized spacial score (nSPS) is 9.86. The summed E-state index contributed by atoms with van der Waals surface area (Å²) in [6.07, 6.45) is 0. The number of nitrogens with two attached hydrogens (primary N) is 2. The van der Waals surface area contributed by atoms with Gasteiger partial charge in [-0.25, -0.2) is 0 Å². The first-order chi connectivity index (χ1) is 6.50. The van der Waals surface area contributed by atoms with Crippen LogP contribution in [0.5, 0.6) is 0 Å². The van der Waals surface area contributed by atoms with E-state index in [-0.39, 0.29) is 6.54 Å². The maximum absolute atomic E-state index is 10.6. The number of amides is 1. The highest BCUT2D eigenvalue weighted by Gasteiger charge is 2.03. The number of carbonyl (C=O) groups is 1. The molecular weight excluding hydrogens is 246 g/mol. The van der Waals surface area contributed by atoms with Gasteiger partial charge < -0.3 is 16.8 Å². The monoisotopic (exact) mass is 257 g/mol. The Balaban J connectivity index is 2.87. The van der Waals surface area contributed by atoms with E-state index in [0.29, 0.717) is 5.69 Å². The molecule has 4 nitrogen and oxygen atoms in total. The van der Waals surface area contributed by atoms with E-state index in [2.05, 4.69) is 21.2 Å². The Morgan fingerprint density at radius 1 is 1.57 bits per heavy atom. The summed E-state index contributed by atoms with van der Waals surface area (Å²) in [6.45, 7) is 2.01. The predicted molar refractivity (Wildman–Crippen MR) is 61.0 cm³/mol. The number of aryl methyl sites for hydroxylation is 1. The fraction of sp³-hybridized carbons (Fsp3) is 0.222. The Bertz CT molecular complexity index is 365. The molecule has 1 aromatic rings. The number of halogens is 1. The van der Waals surface area contributed by atoms with Crippen molar-refractivity contribution in [3.8, 4) is 0 Å². The van der Waals surface area contributed by atoms with Crippen LogP contribution < -0.4 is 16.8 Å². The predicted octanol–water partition coefficient (Wildman–Crippen LogP) is 1.24. The molecule has 1 rings (SSSR count). The molecular formula is C9H12BrN3O. The highest BCUT2D eigenvalue weighted by atomic mass is 79.9. The standard InChI is InChI=1S/C9H12BrN3O/c1-5-2-8(13-4-9(12)14)6(10)3-7(5)11/h2-3,13H,4,11H2,1H3,(H2,12,14). The fourth-order valence-electron chi connectivity index (χ4n) is 1.01. The van der Waals surface area contributed by atoms with Gasteiger partial charge in [-0.15, -0.1) is 0 Å². The zero-order chi connectivity index (χ0) is 10.7. The van der Waals surface area contributed by atoms with Crippen molar-refractivity contribution in [2.24, 2.45) is 5.73 Å². The number of primary amides is 1. The molecule has 5 N–H and O–H groups in total. The van der Waals surface area contributed by atoms with E-state index >= 15 is 0 Å². The lowest BCUT2D eigenvalue weighted by Crippen LogP contribution is -2.22. The van der Waals surface area contributed by atoms with Gasteiger partial charge in [0, 0.05) is 15.8 Å². The molecule has 5 heteroatoms. The number of benzene rings is 1. The summed E-state index contributed by atoms with van der Waals surface area (Å²) < 4.78 is 0.821. The molecule has 0 aromatic heterocycles. The summed E-state index contributed by atoms with van der Waals surface area (Å²) in [5, 5.41) is 2.90. The van der Waals surface area contributed by atoms with Crippen molar-refractivity contribution in [3.63, 3.8) is 0 Å². The molecule has 0 atom stereocenters. The van der Waals surface area contributed by atoms with Crippen LogP contribution in [0.3, 0.4) is 0 Å². The van der Waals surface area contributed by atoms with Crippen LogP contribution in [0.2, 0.25) is 0 Å². The summed E-state index contributed by atoms with van der Waals surface area (Å²) in [7, 11) is 0. The third kappa shape index (κ3) is 2.63. The molecule has 0 radical (unpaired) electrons. The quantitative estimate of drug-likeness (QED) is 0.713. The first-order valence-electron chi connectivity index (χ1n) is 4.08. The van der Waals surface area contributed by atoms with E-state index in [0.717, 1.165) is 15.7 Å².